The Kier molecular flexibility index (Phi) is 9.69. The lowest BCUT2D eigenvalue weighted by atomic mass is 10.2. The quantitative estimate of drug-likeness (QED) is 0.397. The standard InChI is InChI=1S/C16H26N4OS.HI/c1-12(2)21-15-7-6-13(9-18-15)10-19-16(17-3)20-11-14-5-4-8-22-14;/h6-7,9,12,14H,4-5,8,10-11H2,1-3H3,(H2,17,19,20);1H. The zero-order valence-corrected chi connectivity index (χ0v) is 17.2. The molecule has 0 amide bonds. The van der Waals surface area contributed by atoms with E-state index in [2.05, 4.69) is 20.6 Å². The van der Waals surface area contributed by atoms with Crippen LogP contribution in [0.5, 0.6) is 5.88 Å². The van der Waals surface area contributed by atoms with Crippen LogP contribution in [0.15, 0.2) is 23.3 Å². The largest absolute Gasteiger partial charge is 0.475 e. The van der Waals surface area contributed by atoms with Gasteiger partial charge < -0.3 is 15.4 Å². The molecule has 2 rings (SSSR count). The highest BCUT2D eigenvalue weighted by atomic mass is 127. The molecule has 23 heavy (non-hydrogen) atoms. The molecule has 1 saturated heterocycles. The first-order chi connectivity index (χ1) is 10.7. The van der Waals surface area contributed by atoms with Gasteiger partial charge >= 0.3 is 0 Å². The number of aromatic nitrogens is 1. The molecule has 1 unspecified atom stereocenters. The molecule has 1 fully saturated rings. The van der Waals surface area contributed by atoms with Crippen molar-refractivity contribution < 1.29 is 4.74 Å². The second-order valence-corrected chi connectivity index (χ2v) is 7.02. The molecule has 2 heterocycles. The topological polar surface area (TPSA) is 58.5 Å². The van der Waals surface area contributed by atoms with Crippen LogP contribution >= 0.6 is 35.7 Å². The zero-order valence-electron chi connectivity index (χ0n) is 14.0. The van der Waals surface area contributed by atoms with Crippen LogP contribution < -0.4 is 15.4 Å². The number of pyridine rings is 1. The molecule has 7 heteroatoms. The highest BCUT2D eigenvalue weighted by Gasteiger charge is 2.15. The molecule has 1 aliphatic heterocycles. The first kappa shape index (κ1) is 20.3. The number of hydrogen-bond acceptors (Lipinski definition) is 4. The fourth-order valence-corrected chi connectivity index (χ4v) is 3.45. The molecule has 0 radical (unpaired) electrons. The van der Waals surface area contributed by atoms with Crippen LogP contribution in [0.25, 0.3) is 0 Å². The van der Waals surface area contributed by atoms with Crippen LogP contribution in [-0.2, 0) is 6.54 Å². The summed E-state index contributed by atoms with van der Waals surface area (Å²) in [6.07, 6.45) is 4.62. The molecule has 1 aromatic rings. The van der Waals surface area contributed by atoms with Crippen molar-refractivity contribution >= 4 is 41.7 Å². The number of hydrogen-bond donors (Lipinski definition) is 2. The Balaban J connectivity index is 0.00000264. The summed E-state index contributed by atoms with van der Waals surface area (Å²) in [7, 11) is 1.80. The fraction of sp³-hybridized carbons (Fsp3) is 0.625. The molecule has 0 aromatic carbocycles. The average molecular weight is 450 g/mol. The van der Waals surface area contributed by atoms with Gasteiger partial charge in [0.1, 0.15) is 0 Å². The molecule has 0 spiro atoms. The van der Waals surface area contributed by atoms with Crippen LogP contribution in [0.4, 0.5) is 0 Å². The van der Waals surface area contributed by atoms with Crippen molar-refractivity contribution in [3.8, 4) is 5.88 Å². The predicted octanol–water partition coefficient (Wildman–Crippen LogP) is 3.05. The highest BCUT2D eigenvalue weighted by Crippen LogP contribution is 2.25. The minimum atomic E-state index is 0. The summed E-state index contributed by atoms with van der Waals surface area (Å²) in [5.41, 5.74) is 1.11. The number of rotatable bonds is 6. The van der Waals surface area contributed by atoms with E-state index in [1.54, 1.807) is 7.05 Å². The molecule has 2 N–H and O–H groups in total. The monoisotopic (exact) mass is 450 g/mol. The van der Waals surface area contributed by atoms with Gasteiger partial charge in [-0.25, -0.2) is 4.98 Å². The number of nitrogens with zero attached hydrogens (tertiary/aromatic N) is 2. The molecule has 0 aliphatic carbocycles. The van der Waals surface area contributed by atoms with Crippen LogP contribution in [-0.4, -0.2) is 41.6 Å². The minimum Gasteiger partial charge on any atom is -0.475 e. The van der Waals surface area contributed by atoms with Gasteiger partial charge in [0.25, 0.3) is 0 Å². The molecule has 0 saturated carbocycles. The second-order valence-electron chi connectivity index (χ2n) is 5.61. The summed E-state index contributed by atoms with van der Waals surface area (Å²) in [4.78, 5) is 8.57. The fourth-order valence-electron chi connectivity index (χ4n) is 2.25. The van der Waals surface area contributed by atoms with Gasteiger partial charge in [-0.3, -0.25) is 4.99 Å². The van der Waals surface area contributed by atoms with E-state index >= 15 is 0 Å². The lowest BCUT2D eigenvalue weighted by molar-refractivity contribution is 0.232. The number of aliphatic imine (C=N–C) groups is 1. The van der Waals surface area contributed by atoms with E-state index in [9.17, 15) is 0 Å². The number of thioether (sulfide) groups is 1. The molecule has 1 aromatic heterocycles. The maximum Gasteiger partial charge on any atom is 0.213 e. The minimum absolute atomic E-state index is 0. The summed E-state index contributed by atoms with van der Waals surface area (Å²) in [5.74, 6) is 2.80. The summed E-state index contributed by atoms with van der Waals surface area (Å²) >= 11 is 2.05. The maximum atomic E-state index is 5.54. The number of halogens is 1. The van der Waals surface area contributed by atoms with Crippen LogP contribution in [0.2, 0.25) is 0 Å². The summed E-state index contributed by atoms with van der Waals surface area (Å²) < 4.78 is 5.54. The SMILES string of the molecule is CN=C(NCc1ccc(OC(C)C)nc1)NCC1CCCS1.I. The lowest BCUT2D eigenvalue weighted by Crippen LogP contribution is -2.39. The van der Waals surface area contributed by atoms with Gasteiger partial charge in [0.15, 0.2) is 5.96 Å². The smallest absolute Gasteiger partial charge is 0.213 e. The van der Waals surface area contributed by atoms with Crippen molar-refractivity contribution in [3.63, 3.8) is 0 Å². The Morgan fingerprint density at radius 2 is 2.26 bits per heavy atom. The average Bonchev–Trinajstić information content (AvgIpc) is 3.02. The van der Waals surface area contributed by atoms with Crippen molar-refractivity contribution in [3.05, 3.63) is 23.9 Å². The van der Waals surface area contributed by atoms with E-state index in [4.69, 9.17) is 4.74 Å². The second kappa shape index (κ2) is 11.0. The summed E-state index contributed by atoms with van der Waals surface area (Å²) in [6, 6.07) is 3.93. The van der Waals surface area contributed by atoms with Gasteiger partial charge in [0.2, 0.25) is 5.88 Å². The normalized spacial score (nSPS) is 17.7. The van der Waals surface area contributed by atoms with Crippen LogP contribution in [0.3, 0.4) is 0 Å². The van der Waals surface area contributed by atoms with Crippen LogP contribution in [0.1, 0.15) is 32.3 Å². The molecular formula is C16H27IN4OS. The Morgan fingerprint density at radius 3 is 2.83 bits per heavy atom. The first-order valence-electron chi connectivity index (χ1n) is 7.85. The summed E-state index contributed by atoms with van der Waals surface area (Å²) in [5, 5.41) is 7.43. The maximum absolute atomic E-state index is 5.54. The number of guanidine groups is 1. The number of nitrogens with one attached hydrogen (secondary N) is 2. The molecule has 130 valence electrons. The van der Waals surface area contributed by atoms with Crippen molar-refractivity contribution in [2.45, 2.75) is 44.6 Å². The third-order valence-electron chi connectivity index (χ3n) is 3.36. The molecule has 5 nitrogen and oxygen atoms in total. The Labute approximate surface area is 160 Å². The Morgan fingerprint density at radius 1 is 1.43 bits per heavy atom. The van der Waals surface area contributed by atoms with Gasteiger partial charge in [-0.1, -0.05) is 6.07 Å². The Hall–Kier alpha value is -0.700. The lowest BCUT2D eigenvalue weighted by Gasteiger charge is -2.15. The van der Waals surface area contributed by atoms with Crippen molar-refractivity contribution in [2.24, 2.45) is 4.99 Å². The van der Waals surface area contributed by atoms with E-state index in [1.807, 2.05) is 43.9 Å². The van der Waals surface area contributed by atoms with Crippen LogP contribution in [0, 0.1) is 0 Å². The third kappa shape index (κ3) is 7.60. The van der Waals surface area contributed by atoms with Gasteiger partial charge in [-0.15, -0.1) is 24.0 Å². The van der Waals surface area contributed by atoms with Gasteiger partial charge in [0.05, 0.1) is 6.10 Å². The van der Waals surface area contributed by atoms with Crippen molar-refractivity contribution in [1.29, 1.82) is 0 Å². The van der Waals surface area contributed by atoms with Gasteiger partial charge in [-0.05, 0) is 38.0 Å². The van der Waals surface area contributed by atoms with E-state index in [1.165, 1.54) is 18.6 Å². The van der Waals surface area contributed by atoms with E-state index < -0.39 is 0 Å². The van der Waals surface area contributed by atoms with E-state index in [0.717, 1.165) is 18.1 Å². The molecule has 1 atom stereocenters. The summed E-state index contributed by atoms with van der Waals surface area (Å²) in [6.45, 7) is 5.67. The van der Waals surface area contributed by atoms with E-state index in [-0.39, 0.29) is 30.1 Å². The van der Waals surface area contributed by atoms with Crippen molar-refractivity contribution in [2.75, 3.05) is 19.3 Å². The van der Waals surface area contributed by atoms with Crippen molar-refractivity contribution in [1.82, 2.24) is 15.6 Å². The molecular weight excluding hydrogens is 423 g/mol. The zero-order chi connectivity index (χ0) is 15.8. The Bertz CT molecular complexity index is 475. The van der Waals surface area contributed by atoms with Gasteiger partial charge in [0, 0.05) is 37.7 Å². The first-order valence-corrected chi connectivity index (χ1v) is 8.90. The third-order valence-corrected chi connectivity index (χ3v) is 4.76. The predicted molar refractivity (Wildman–Crippen MR) is 109 cm³/mol. The number of ether oxygens (including phenoxy) is 1. The molecule has 1 aliphatic rings. The van der Waals surface area contributed by atoms with E-state index in [0.29, 0.717) is 17.7 Å². The molecule has 0 bridgehead atoms. The van der Waals surface area contributed by atoms with Gasteiger partial charge in [-0.2, -0.15) is 11.8 Å². The highest BCUT2D eigenvalue weighted by molar-refractivity contribution is 14.0.